The molecule has 100 valence electrons. The molecule has 1 aromatic carbocycles. The Labute approximate surface area is 114 Å². The summed E-state index contributed by atoms with van der Waals surface area (Å²) in [5.41, 5.74) is 7.41. The molecule has 1 aromatic heterocycles. The lowest BCUT2D eigenvalue weighted by Crippen LogP contribution is -2.08. The third-order valence-electron chi connectivity index (χ3n) is 4.19. The molecule has 1 saturated carbocycles. The largest absolute Gasteiger partial charge is 0.323 e. The Morgan fingerprint density at radius 2 is 2.16 bits per heavy atom. The maximum Gasteiger partial charge on any atom is 0.0726 e. The summed E-state index contributed by atoms with van der Waals surface area (Å²) in [4.78, 5) is 4.78. The predicted molar refractivity (Wildman–Crippen MR) is 80.2 cm³/mol. The van der Waals surface area contributed by atoms with Crippen LogP contribution < -0.4 is 11.3 Å². The van der Waals surface area contributed by atoms with Crippen LogP contribution in [0.3, 0.4) is 0 Å². The highest BCUT2D eigenvalue weighted by molar-refractivity contribution is 5.92. The van der Waals surface area contributed by atoms with Crippen LogP contribution in [0.25, 0.3) is 10.9 Å². The van der Waals surface area contributed by atoms with Gasteiger partial charge < -0.3 is 5.43 Å². The van der Waals surface area contributed by atoms with Crippen LogP contribution in [-0.2, 0) is 0 Å². The monoisotopic (exact) mass is 255 g/mol. The van der Waals surface area contributed by atoms with Crippen molar-refractivity contribution in [1.82, 2.24) is 4.98 Å². The summed E-state index contributed by atoms with van der Waals surface area (Å²) in [6.07, 6.45) is 3.66. The summed E-state index contributed by atoms with van der Waals surface area (Å²) in [7, 11) is 0. The molecule has 2 aromatic rings. The molecule has 0 aliphatic heterocycles. The zero-order valence-electron chi connectivity index (χ0n) is 11.6. The zero-order valence-corrected chi connectivity index (χ0v) is 11.6. The van der Waals surface area contributed by atoms with Gasteiger partial charge in [-0.1, -0.05) is 19.9 Å². The van der Waals surface area contributed by atoms with Crippen molar-refractivity contribution in [3.05, 3.63) is 35.5 Å². The highest BCUT2D eigenvalue weighted by Gasteiger charge is 2.26. The van der Waals surface area contributed by atoms with Gasteiger partial charge >= 0.3 is 0 Å². The van der Waals surface area contributed by atoms with Crippen molar-refractivity contribution in [2.24, 2.45) is 5.84 Å². The fourth-order valence-electron chi connectivity index (χ4n) is 2.51. The van der Waals surface area contributed by atoms with Crippen LogP contribution in [0.1, 0.15) is 56.2 Å². The molecular formula is C16H21N3. The van der Waals surface area contributed by atoms with E-state index in [0.717, 1.165) is 23.0 Å². The van der Waals surface area contributed by atoms with E-state index in [-0.39, 0.29) is 0 Å². The number of benzene rings is 1. The molecule has 1 fully saturated rings. The van der Waals surface area contributed by atoms with E-state index in [9.17, 15) is 0 Å². The summed E-state index contributed by atoms with van der Waals surface area (Å²) in [5.74, 6) is 6.90. The number of nitrogens with one attached hydrogen (secondary N) is 1. The first-order valence-corrected chi connectivity index (χ1v) is 7.14. The van der Waals surface area contributed by atoms with Crippen molar-refractivity contribution >= 4 is 16.6 Å². The molecule has 3 nitrogen and oxygen atoms in total. The Bertz CT molecular complexity index is 602. The first-order valence-electron chi connectivity index (χ1n) is 7.14. The van der Waals surface area contributed by atoms with E-state index in [2.05, 4.69) is 43.5 Å². The van der Waals surface area contributed by atoms with Gasteiger partial charge in [-0.15, -0.1) is 0 Å². The lowest BCUT2D eigenvalue weighted by atomic mass is 9.96. The van der Waals surface area contributed by atoms with Crippen molar-refractivity contribution < 1.29 is 0 Å². The SMILES string of the molecule is CCC(C)c1ccc2nc(C3CC3)cc(NN)c2c1. The number of nitrogens with two attached hydrogens (primary N) is 1. The maximum atomic E-state index is 5.69. The van der Waals surface area contributed by atoms with Crippen molar-refractivity contribution in [2.75, 3.05) is 5.43 Å². The molecule has 1 unspecified atom stereocenters. The lowest BCUT2D eigenvalue weighted by Gasteiger charge is -2.13. The van der Waals surface area contributed by atoms with E-state index in [4.69, 9.17) is 10.8 Å². The number of rotatable bonds is 4. The van der Waals surface area contributed by atoms with Crippen LogP contribution in [0.15, 0.2) is 24.3 Å². The summed E-state index contributed by atoms with van der Waals surface area (Å²) in [5, 5.41) is 1.13. The molecule has 3 rings (SSSR count). The molecule has 1 heterocycles. The molecule has 0 amide bonds. The van der Waals surface area contributed by atoms with Gasteiger partial charge in [-0.3, -0.25) is 10.8 Å². The fraction of sp³-hybridized carbons (Fsp3) is 0.438. The molecule has 0 radical (unpaired) electrons. The van der Waals surface area contributed by atoms with Crippen LogP contribution in [0.2, 0.25) is 0 Å². The normalized spacial score (nSPS) is 16.6. The second kappa shape index (κ2) is 4.82. The molecule has 1 aliphatic rings. The number of nitrogens with zero attached hydrogens (tertiary/aromatic N) is 1. The Morgan fingerprint density at radius 1 is 1.37 bits per heavy atom. The number of hydrogen-bond donors (Lipinski definition) is 2. The van der Waals surface area contributed by atoms with E-state index >= 15 is 0 Å². The van der Waals surface area contributed by atoms with Crippen molar-refractivity contribution in [2.45, 2.75) is 44.9 Å². The van der Waals surface area contributed by atoms with Crippen molar-refractivity contribution in [3.8, 4) is 0 Å². The number of pyridine rings is 1. The summed E-state index contributed by atoms with van der Waals surface area (Å²) in [6.45, 7) is 4.47. The van der Waals surface area contributed by atoms with Gasteiger partial charge in [0.15, 0.2) is 0 Å². The van der Waals surface area contributed by atoms with Gasteiger partial charge in [0.1, 0.15) is 0 Å². The summed E-state index contributed by atoms with van der Waals surface area (Å²) >= 11 is 0. The zero-order chi connectivity index (χ0) is 13.4. The van der Waals surface area contributed by atoms with Gasteiger partial charge in [-0.05, 0) is 48.9 Å². The third kappa shape index (κ3) is 2.30. The van der Waals surface area contributed by atoms with Crippen LogP contribution in [0.5, 0.6) is 0 Å². The number of hydrazine groups is 1. The van der Waals surface area contributed by atoms with Crippen molar-refractivity contribution in [1.29, 1.82) is 0 Å². The standard InChI is InChI=1S/C16H21N3/c1-3-10(2)12-6-7-14-13(8-12)16(19-17)9-15(18-14)11-4-5-11/h6-11H,3-5,17H2,1-2H3,(H,18,19). The Morgan fingerprint density at radius 3 is 2.79 bits per heavy atom. The van der Waals surface area contributed by atoms with E-state index in [1.807, 2.05) is 0 Å². The van der Waals surface area contributed by atoms with Crippen LogP contribution >= 0.6 is 0 Å². The first kappa shape index (κ1) is 12.4. The van der Waals surface area contributed by atoms with E-state index < -0.39 is 0 Å². The minimum absolute atomic E-state index is 0.568. The highest BCUT2D eigenvalue weighted by atomic mass is 15.2. The maximum absolute atomic E-state index is 5.69. The molecule has 19 heavy (non-hydrogen) atoms. The third-order valence-corrected chi connectivity index (χ3v) is 4.19. The topological polar surface area (TPSA) is 50.9 Å². The van der Waals surface area contributed by atoms with Gasteiger partial charge in [-0.2, -0.15) is 0 Å². The summed E-state index contributed by atoms with van der Waals surface area (Å²) < 4.78 is 0. The molecule has 3 N–H and O–H groups in total. The average molecular weight is 255 g/mol. The Balaban J connectivity index is 2.13. The number of nitrogen functional groups attached to an aromatic ring is 1. The molecular weight excluding hydrogens is 234 g/mol. The van der Waals surface area contributed by atoms with E-state index in [1.54, 1.807) is 0 Å². The van der Waals surface area contributed by atoms with Crippen LogP contribution in [0, 0.1) is 0 Å². The first-order chi connectivity index (χ1) is 9.22. The molecule has 0 bridgehead atoms. The minimum Gasteiger partial charge on any atom is -0.323 e. The molecule has 3 heteroatoms. The van der Waals surface area contributed by atoms with Gasteiger partial charge in [0.2, 0.25) is 0 Å². The second-order valence-corrected chi connectivity index (χ2v) is 5.60. The Hall–Kier alpha value is -1.61. The molecule has 0 saturated heterocycles. The van der Waals surface area contributed by atoms with Gasteiger partial charge in [0, 0.05) is 17.0 Å². The molecule has 0 spiro atoms. The van der Waals surface area contributed by atoms with Crippen LogP contribution in [-0.4, -0.2) is 4.98 Å². The average Bonchev–Trinajstić information content (AvgIpc) is 3.29. The quantitative estimate of drug-likeness (QED) is 0.643. The fourth-order valence-corrected chi connectivity index (χ4v) is 2.51. The van der Waals surface area contributed by atoms with Crippen molar-refractivity contribution in [3.63, 3.8) is 0 Å². The predicted octanol–water partition coefficient (Wildman–Crippen LogP) is 3.91. The van der Waals surface area contributed by atoms with Gasteiger partial charge in [-0.25, -0.2) is 0 Å². The smallest absolute Gasteiger partial charge is 0.0726 e. The van der Waals surface area contributed by atoms with E-state index in [0.29, 0.717) is 11.8 Å². The second-order valence-electron chi connectivity index (χ2n) is 5.60. The molecule has 1 atom stereocenters. The minimum atomic E-state index is 0.568. The number of hydrogen-bond acceptors (Lipinski definition) is 3. The lowest BCUT2D eigenvalue weighted by molar-refractivity contribution is 0.734. The van der Waals surface area contributed by atoms with Crippen LogP contribution in [0.4, 0.5) is 5.69 Å². The number of anilines is 1. The van der Waals surface area contributed by atoms with Gasteiger partial charge in [0.25, 0.3) is 0 Å². The Kier molecular flexibility index (Phi) is 3.15. The number of aromatic nitrogens is 1. The summed E-state index contributed by atoms with van der Waals surface area (Å²) in [6, 6.07) is 8.66. The van der Waals surface area contributed by atoms with E-state index in [1.165, 1.54) is 24.1 Å². The highest BCUT2D eigenvalue weighted by Crippen LogP contribution is 2.41. The molecule has 1 aliphatic carbocycles. The number of fused-ring (bicyclic) bond motifs is 1. The van der Waals surface area contributed by atoms with Gasteiger partial charge in [0.05, 0.1) is 11.2 Å².